The molecule has 1 amide bonds. The molecule has 1 fully saturated rings. The van der Waals surface area contributed by atoms with E-state index in [0.717, 1.165) is 57.9 Å². The first kappa shape index (κ1) is 31.9. The van der Waals surface area contributed by atoms with Gasteiger partial charge in [0.1, 0.15) is 18.5 Å². The number of rotatable bonds is 17. The van der Waals surface area contributed by atoms with E-state index in [1.807, 2.05) is 0 Å². The largest absolute Gasteiger partial charge is 0.387 e. The first-order chi connectivity index (χ1) is 21.9. The van der Waals surface area contributed by atoms with E-state index in [1.54, 1.807) is 13.0 Å². The number of nitrogens with zero attached hydrogens (tertiary/aromatic N) is 7. The highest BCUT2D eigenvalue weighted by atomic mass is 16.6. The third kappa shape index (κ3) is 7.26. The van der Waals surface area contributed by atoms with Crippen LogP contribution in [-0.2, 0) is 9.53 Å². The number of carbonyl (C=O) groups excluding carboxylic acids is 1. The summed E-state index contributed by atoms with van der Waals surface area (Å²) in [4.78, 5) is 35.8. The molecule has 5 N–H and O–H groups in total. The number of imidazole rings is 1. The Balaban J connectivity index is 0.970. The molecule has 1 saturated heterocycles. The van der Waals surface area contributed by atoms with E-state index in [9.17, 15) is 25.1 Å². The molecule has 1 aromatic carbocycles. The number of benzene rings is 1. The fraction of sp³-hybridized carbons (Fsp3) is 0.571. The monoisotopic (exact) mass is 626 g/mol. The Kier molecular flexibility index (Phi) is 10.6. The number of anilines is 2. The van der Waals surface area contributed by atoms with Gasteiger partial charge in [0, 0.05) is 25.7 Å². The predicted molar refractivity (Wildman–Crippen MR) is 162 cm³/mol. The molecule has 4 heterocycles. The Labute approximate surface area is 257 Å². The zero-order valence-corrected chi connectivity index (χ0v) is 25.0. The molecule has 4 unspecified atom stereocenters. The van der Waals surface area contributed by atoms with Gasteiger partial charge in [-0.25, -0.2) is 19.6 Å². The summed E-state index contributed by atoms with van der Waals surface area (Å²) in [5.41, 5.74) is 1.99. The summed E-state index contributed by atoms with van der Waals surface area (Å²) in [6.45, 7) is 3.58. The van der Waals surface area contributed by atoms with Crippen LogP contribution in [0.2, 0.25) is 0 Å². The van der Waals surface area contributed by atoms with E-state index in [4.69, 9.17) is 9.37 Å². The molecular formula is C28H38N10O7. The summed E-state index contributed by atoms with van der Waals surface area (Å²) < 4.78 is 11.9. The first-order valence-electron chi connectivity index (χ1n) is 15.2. The van der Waals surface area contributed by atoms with Crippen LogP contribution < -0.4 is 16.0 Å². The molecule has 4 aromatic rings. The van der Waals surface area contributed by atoms with E-state index in [2.05, 4.69) is 41.2 Å². The number of non-ortho nitro benzene ring substituents is 1. The molecule has 5 rings (SSSR count). The number of hydrogen-bond donors (Lipinski definition) is 5. The Morgan fingerprint density at radius 1 is 0.933 bits per heavy atom. The third-order valence-electron chi connectivity index (χ3n) is 7.78. The molecule has 0 radical (unpaired) electrons. The fourth-order valence-corrected chi connectivity index (χ4v) is 5.43. The lowest BCUT2D eigenvalue weighted by atomic mass is 10.1. The fourth-order valence-electron chi connectivity index (χ4n) is 5.43. The Hall–Kier alpha value is -4.48. The number of carbonyl (C=O) groups is 1. The van der Waals surface area contributed by atoms with Crippen LogP contribution in [0.5, 0.6) is 0 Å². The Bertz CT molecular complexity index is 1590. The number of unbranched alkanes of at least 4 members (excludes halogenated alkanes) is 7. The zero-order chi connectivity index (χ0) is 31.8. The number of nitrogens with one attached hydrogen (secondary N) is 3. The summed E-state index contributed by atoms with van der Waals surface area (Å²) in [6.07, 6.45) is 6.56. The van der Waals surface area contributed by atoms with E-state index in [1.165, 1.54) is 23.3 Å². The average Bonchev–Trinajstić information content (AvgIpc) is 3.76. The zero-order valence-electron chi connectivity index (χ0n) is 25.0. The van der Waals surface area contributed by atoms with Gasteiger partial charge in [0.15, 0.2) is 34.8 Å². The van der Waals surface area contributed by atoms with E-state index in [0.29, 0.717) is 41.3 Å². The normalized spacial score (nSPS) is 19.7. The number of amides is 1. The number of aliphatic hydroxyl groups excluding tert-OH is 2. The van der Waals surface area contributed by atoms with Gasteiger partial charge in [-0.2, -0.15) is 0 Å². The molecule has 17 heteroatoms. The average molecular weight is 627 g/mol. The number of nitro groups is 1. The van der Waals surface area contributed by atoms with Gasteiger partial charge in [0.25, 0.3) is 5.91 Å². The maximum absolute atomic E-state index is 12.2. The lowest BCUT2D eigenvalue weighted by Gasteiger charge is -2.16. The summed E-state index contributed by atoms with van der Waals surface area (Å²) >= 11 is 0. The van der Waals surface area contributed by atoms with Crippen LogP contribution in [-0.4, -0.2) is 88.8 Å². The highest BCUT2D eigenvalue weighted by Crippen LogP contribution is 2.32. The van der Waals surface area contributed by atoms with Crippen LogP contribution in [0.4, 0.5) is 17.2 Å². The second-order valence-corrected chi connectivity index (χ2v) is 10.9. The summed E-state index contributed by atoms with van der Waals surface area (Å²) in [5.74, 6) is 0.0739. The topological polar surface area (TPSA) is 229 Å². The number of hydrogen-bond acceptors (Lipinski definition) is 14. The van der Waals surface area contributed by atoms with Crippen molar-refractivity contribution < 1.29 is 29.3 Å². The summed E-state index contributed by atoms with van der Waals surface area (Å²) in [5, 5.41) is 48.7. The van der Waals surface area contributed by atoms with Crippen molar-refractivity contribution in [2.45, 2.75) is 82.8 Å². The standard InChI is InChI=1S/C28H38N10O7/c1-2-29-27(41)24-22(39)23(40)28(44-24)37-16-34-21-25(32-15-33-26(21)37)31-14-10-8-6-4-3-5-7-9-13-30-17-11-12-18(38(42)43)20-19(17)35-45-36-20/h11-12,15-16,22-24,28,30,39-40H,2-10,13-14H2,1H3,(H,29,41)(H,31,32,33). The minimum atomic E-state index is -1.38. The van der Waals surface area contributed by atoms with Crippen molar-refractivity contribution in [1.29, 1.82) is 0 Å². The summed E-state index contributed by atoms with van der Waals surface area (Å²) in [7, 11) is 0. The maximum Gasteiger partial charge on any atom is 0.300 e. The molecule has 0 saturated carbocycles. The molecular weight excluding hydrogens is 588 g/mol. The lowest BCUT2D eigenvalue weighted by Crippen LogP contribution is -2.42. The quantitative estimate of drug-likeness (QED) is 0.0645. The van der Waals surface area contributed by atoms with E-state index >= 15 is 0 Å². The second kappa shape index (κ2) is 15.0. The smallest absolute Gasteiger partial charge is 0.300 e. The van der Waals surface area contributed by atoms with Gasteiger partial charge >= 0.3 is 5.69 Å². The van der Waals surface area contributed by atoms with Gasteiger partial charge in [-0.15, -0.1) is 0 Å². The molecule has 0 aliphatic carbocycles. The number of nitro benzene ring substituents is 1. The highest BCUT2D eigenvalue weighted by molar-refractivity contribution is 5.93. The van der Waals surface area contributed by atoms with Gasteiger partial charge < -0.3 is 30.9 Å². The molecule has 45 heavy (non-hydrogen) atoms. The number of aliphatic hydroxyl groups is 2. The number of fused-ring (bicyclic) bond motifs is 2. The van der Waals surface area contributed by atoms with Crippen molar-refractivity contribution in [2.75, 3.05) is 30.3 Å². The van der Waals surface area contributed by atoms with Crippen LogP contribution in [0.1, 0.15) is 64.5 Å². The van der Waals surface area contributed by atoms with Crippen molar-refractivity contribution in [3.8, 4) is 0 Å². The number of aromatic nitrogens is 6. The molecule has 0 bridgehead atoms. The van der Waals surface area contributed by atoms with Gasteiger partial charge in [-0.1, -0.05) is 38.5 Å². The molecule has 17 nitrogen and oxygen atoms in total. The van der Waals surface area contributed by atoms with Gasteiger partial charge in [-0.05, 0) is 36.1 Å². The Morgan fingerprint density at radius 3 is 2.33 bits per heavy atom. The number of likely N-dealkylation sites (N-methyl/N-ethyl adjacent to an activating group) is 1. The SMILES string of the molecule is CCNC(=O)C1OC(n2cnc3c(NCCCCCCCCCCNc4ccc([N+](=O)[O-])c5nonc45)ncnc32)C(O)C1O. The van der Waals surface area contributed by atoms with Crippen molar-refractivity contribution in [1.82, 2.24) is 35.1 Å². The lowest BCUT2D eigenvalue weighted by molar-refractivity contribution is -0.383. The number of ether oxygens (including phenoxy) is 1. The molecule has 1 aliphatic heterocycles. The van der Waals surface area contributed by atoms with Gasteiger partial charge in [0.2, 0.25) is 5.52 Å². The van der Waals surface area contributed by atoms with E-state index in [-0.39, 0.29) is 11.2 Å². The molecule has 3 aromatic heterocycles. The van der Waals surface area contributed by atoms with Crippen molar-refractivity contribution >= 4 is 45.3 Å². The second-order valence-electron chi connectivity index (χ2n) is 10.9. The van der Waals surface area contributed by atoms with Gasteiger partial charge in [-0.3, -0.25) is 19.5 Å². The van der Waals surface area contributed by atoms with Crippen molar-refractivity contribution in [2.24, 2.45) is 0 Å². The van der Waals surface area contributed by atoms with E-state index < -0.39 is 35.4 Å². The van der Waals surface area contributed by atoms with Crippen LogP contribution in [0.3, 0.4) is 0 Å². The summed E-state index contributed by atoms with van der Waals surface area (Å²) in [6, 6.07) is 3.04. The molecule has 1 aliphatic rings. The Morgan fingerprint density at radius 2 is 1.62 bits per heavy atom. The van der Waals surface area contributed by atoms with Crippen LogP contribution in [0.15, 0.2) is 29.4 Å². The molecule has 4 atom stereocenters. The third-order valence-corrected chi connectivity index (χ3v) is 7.78. The highest BCUT2D eigenvalue weighted by Gasteiger charge is 2.47. The maximum atomic E-state index is 12.2. The molecule has 242 valence electrons. The molecule has 0 spiro atoms. The van der Waals surface area contributed by atoms with Crippen molar-refractivity contribution in [3.05, 3.63) is 34.9 Å². The van der Waals surface area contributed by atoms with Crippen molar-refractivity contribution in [3.63, 3.8) is 0 Å². The minimum absolute atomic E-state index is 0.126. The van der Waals surface area contributed by atoms with Crippen LogP contribution in [0, 0.1) is 10.1 Å². The van der Waals surface area contributed by atoms with Gasteiger partial charge in [0.05, 0.1) is 16.9 Å². The van der Waals surface area contributed by atoms with Crippen LogP contribution >= 0.6 is 0 Å². The van der Waals surface area contributed by atoms with Crippen LogP contribution in [0.25, 0.3) is 22.2 Å². The minimum Gasteiger partial charge on any atom is -0.387 e. The predicted octanol–water partition coefficient (Wildman–Crippen LogP) is 2.67. The first-order valence-corrected chi connectivity index (χ1v) is 15.2.